The molecule has 2 heteroatoms. The van der Waals surface area contributed by atoms with E-state index in [1.165, 1.54) is 0 Å². The zero-order chi connectivity index (χ0) is 12.1. The van der Waals surface area contributed by atoms with Crippen molar-refractivity contribution >= 4 is 27.8 Å². The molecule has 0 aliphatic carbocycles. The molecule has 0 radical (unpaired) electrons. The fourth-order valence-corrected chi connectivity index (χ4v) is 1.98. The predicted molar refractivity (Wildman–Crippen MR) is 74.1 cm³/mol. The summed E-state index contributed by atoms with van der Waals surface area (Å²) in [5, 5.41) is 0. The van der Waals surface area contributed by atoms with Gasteiger partial charge in [0.05, 0.1) is 4.48 Å². The number of hydrogen-bond acceptors (Lipinski definition) is 1. The Morgan fingerprint density at radius 1 is 0.882 bits per heavy atom. The van der Waals surface area contributed by atoms with Crippen molar-refractivity contribution in [1.82, 2.24) is 0 Å². The molecule has 2 aromatic rings. The summed E-state index contributed by atoms with van der Waals surface area (Å²) in [5.74, 6) is -0.00514. The van der Waals surface area contributed by atoms with E-state index in [0.717, 1.165) is 5.56 Å². The number of hydrogen-bond donors (Lipinski definition) is 0. The van der Waals surface area contributed by atoms with Crippen molar-refractivity contribution in [2.45, 2.75) is 0 Å². The maximum absolute atomic E-state index is 12.0. The highest BCUT2D eigenvalue weighted by Crippen LogP contribution is 2.17. The standard InChI is InChI=1S/C15H11BrO/c16-14(11-12-7-3-1-4-8-12)15(17)13-9-5-2-6-10-13/h1-11H/b14-11-. The first-order chi connectivity index (χ1) is 8.27. The molecule has 17 heavy (non-hydrogen) atoms. The lowest BCUT2D eigenvalue weighted by molar-refractivity contribution is 0.104. The number of carbonyl (C=O) groups excluding carboxylic acids is 1. The van der Waals surface area contributed by atoms with Gasteiger partial charge in [0, 0.05) is 5.56 Å². The molecule has 1 nitrogen and oxygen atoms in total. The normalized spacial score (nSPS) is 11.2. The Balaban J connectivity index is 2.24. The van der Waals surface area contributed by atoms with Crippen molar-refractivity contribution in [1.29, 1.82) is 0 Å². The highest BCUT2D eigenvalue weighted by atomic mass is 79.9. The Morgan fingerprint density at radius 3 is 2.00 bits per heavy atom. The van der Waals surface area contributed by atoms with Crippen molar-refractivity contribution in [3.8, 4) is 0 Å². The predicted octanol–water partition coefficient (Wildman–Crippen LogP) is 4.31. The Bertz CT molecular complexity index is 529. The van der Waals surface area contributed by atoms with Crippen LogP contribution in [0.15, 0.2) is 65.1 Å². The molecular weight excluding hydrogens is 276 g/mol. The molecule has 0 unspecified atom stereocenters. The van der Waals surface area contributed by atoms with Gasteiger partial charge in [-0.3, -0.25) is 4.79 Å². The molecule has 0 amide bonds. The topological polar surface area (TPSA) is 17.1 Å². The van der Waals surface area contributed by atoms with Gasteiger partial charge in [-0.15, -0.1) is 0 Å². The second-order valence-electron chi connectivity index (χ2n) is 3.60. The SMILES string of the molecule is O=C(/C(Br)=C/c1ccccc1)c1ccccc1. The number of carbonyl (C=O) groups is 1. The minimum Gasteiger partial charge on any atom is -0.288 e. The molecule has 0 spiro atoms. The molecule has 0 aliphatic heterocycles. The maximum Gasteiger partial charge on any atom is 0.199 e. The molecule has 2 aromatic carbocycles. The molecule has 0 aromatic heterocycles. The second-order valence-corrected chi connectivity index (χ2v) is 4.45. The second kappa shape index (κ2) is 5.60. The van der Waals surface area contributed by atoms with Crippen LogP contribution < -0.4 is 0 Å². The Kier molecular flexibility index (Phi) is 3.89. The fraction of sp³-hybridized carbons (Fsp3) is 0. The van der Waals surface area contributed by atoms with Crippen LogP contribution in [-0.2, 0) is 0 Å². The van der Waals surface area contributed by atoms with E-state index in [1.807, 2.05) is 66.7 Å². The average molecular weight is 287 g/mol. The third-order valence-corrected chi connectivity index (χ3v) is 2.93. The van der Waals surface area contributed by atoms with Crippen molar-refractivity contribution in [2.75, 3.05) is 0 Å². The minimum absolute atomic E-state index is 0.00514. The molecule has 0 N–H and O–H groups in total. The van der Waals surface area contributed by atoms with Gasteiger partial charge in [0.2, 0.25) is 0 Å². The molecule has 0 fully saturated rings. The van der Waals surface area contributed by atoms with Crippen LogP contribution in [0.5, 0.6) is 0 Å². The van der Waals surface area contributed by atoms with E-state index in [1.54, 1.807) is 0 Å². The largest absolute Gasteiger partial charge is 0.288 e. The van der Waals surface area contributed by atoms with Crippen molar-refractivity contribution < 1.29 is 4.79 Å². The smallest absolute Gasteiger partial charge is 0.199 e. The first kappa shape index (κ1) is 11.8. The molecule has 0 bridgehead atoms. The van der Waals surface area contributed by atoms with Crippen molar-refractivity contribution in [2.24, 2.45) is 0 Å². The van der Waals surface area contributed by atoms with Crippen molar-refractivity contribution in [3.05, 3.63) is 76.3 Å². The van der Waals surface area contributed by atoms with Crippen LogP contribution in [-0.4, -0.2) is 5.78 Å². The van der Waals surface area contributed by atoms with Crippen LogP contribution in [0, 0.1) is 0 Å². The van der Waals surface area contributed by atoms with E-state index >= 15 is 0 Å². The first-order valence-electron chi connectivity index (χ1n) is 5.29. The number of allylic oxidation sites excluding steroid dienone is 1. The number of halogens is 1. The van der Waals surface area contributed by atoms with Gasteiger partial charge in [0.15, 0.2) is 5.78 Å². The van der Waals surface area contributed by atoms with Gasteiger partial charge in [-0.1, -0.05) is 60.7 Å². The molecule has 0 atom stereocenters. The lowest BCUT2D eigenvalue weighted by atomic mass is 10.1. The van der Waals surface area contributed by atoms with E-state index in [2.05, 4.69) is 15.9 Å². The third kappa shape index (κ3) is 3.14. The fourth-order valence-electron chi connectivity index (χ4n) is 1.49. The van der Waals surface area contributed by atoms with Crippen LogP contribution in [0.2, 0.25) is 0 Å². The summed E-state index contributed by atoms with van der Waals surface area (Å²) < 4.78 is 0.565. The summed E-state index contributed by atoms with van der Waals surface area (Å²) in [6, 6.07) is 19.0. The van der Waals surface area contributed by atoms with E-state index in [9.17, 15) is 4.79 Å². The summed E-state index contributed by atoms with van der Waals surface area (Å²) in [6.07, 6.45) is 1.83. The number of benzene rings is 2. The number of rotatable bonds is 3. The zero-order valence-corrected chi connectivity index (χ0v) is 10.7. The van der Waals surface area contributed by atoms with E-state index in [0.29, 0.717) is 10.0 Å². The third-order valence-electron chi connectivity index (χ3n) is 2.35. The molecule has 0 aliphatic rings. The Labute approximate surface area is 109 Å². The monoisotopic (exact) mass is 286 g/mol. The highest BCUT2D eigenvalue weighted by Gasteiger charge is 2.08. The summed E-state index contributed by atoms with van der Waals surface area (Å²) in [6.45, 7) is 0. The van der Waals surface area contributed by atoms with Crippen LogP contribution in [0.1, 0.15) is 15.9 Å². The summed E-state index contributed by atoms with van der Waals surface area (Å²) in [7, 11) is 0. The van der Waals surface area contributed by atoms with Gasteiger partial charge in [-0.05, 0) is 27.6 Å². The van der Waals surface area contributed by atoms with Gasteiger partial charge in [-0.2, -0.15) is 0 Å². The average Bonchev–Trinajstić information content (AvgIpc) is 2.40. The highest BCUT2D eigenvalue weighted by molar-refractivity contribution is 9.12. The lowest BCUT2D eigenvalue weighted by Crippen LogP contribution is -1.97. The summed E-state index contributed by atoms with van der Waals surface area (Å²) in [5.41, 5.74) is 1.69. The van der Waals surface area contributed by atoms with Crippen molar-refractivity contribution in [3.63, 3.8) is 0 Å². The Hall–Kier alpha value is -1.67. The molecular formula is C15H11BrO. The van der Waals surface area contributed by atoms with Crippen LogP contribution >= 0.6 is 15.9 Å². The molecule has 2 rings (SSSR count). The van der Waals surface area contributed by atoms with Gasteiger partial charge in [-0.25, -0.2) is 0 Å². The van der Waals surface area contributed by atoms with Gasteiger partial charge in [0.25, 0.3) is 0 Å². The minimum atomic E-state index is -0.00514. The van der Waals surface area contributed by atoms with E-state index in [-0.39, 0.29) is 5.78 Å². The van der Waals surface area contributed by atoms with Gasteiger partial charge < -0.3 is 0 Å². The molecule has 0 saturated heterocycles. The van der Waals surface area contributed by atoms with Crippen LogP contribution in [0.3, 0.4) is 0 Å². The lowest BCUT2D eigenvalue weighted by Gasteiger charge is -1.99. The molecule has 84 valence electrons. The maximum atomic E-state index is 12.0. The van der Waals surface area contributed by atoms with Crippen LogP contribution in [0.4, 0.5) is 0 Å². The van der Waals surface area contributed by atoms with E-state index in [4.69, 9.17) is 0 Å². The van der Waals surface area contributed by atoms with Gasteiger partial charge >= 0.3 is 0 Å². The molecule has 0 heterocycles. The van der Waals surface area contributed by atoms with Gasteiger partial charge in [0.1, 0.15) is 0 Å². The Morgan fingerprint density at radius 2 is 1.41 bits per heavy atom. The summed E-state index contributed by atoms with van der Waals surface area (Å²) >= 11 is 3.33. The van der Waals surface area contributed by atoms with E-state index < -0.39 is 0 Å². The zero-order valence-electron chi connectivity index (χ0n) is 9.14. The first-order valence-corrected chi connectivity index (χ1v) is 6.08. The number of ketones is 1. The number of Topliss-reactive ketones (excluding diaryl/α,β-unsaturated/α-hetero) is 1. The van der Waals surface area contributed by atoms with Crippen LogP contribution in [0.25, 0.3) is 6.08 Å². The quantitative estimate of drug-likeness (QED) is 0.607. The summed E-state index contributed by atoms with van der Waals surface area (Å²) in [4.78, 5) is 12.0. The molecule has 0 saturated carbocycles.